The highest BCUT2D eigenvalue weighted by Gasteiger charge is 2.36. The molecular weight excluding hydrogens is 1710 g/mol. The van der Waals surface area contributed by atoms with Gasteiger partial charge in [-0.2, -0.15) is 0 Å². The first-order valence-electron chi connectivity index (χ1n) is 48.8. The number of aromatic nitrogens is 12. The number of nitrogens with zero attached hydrogens (tertiary/aromatic N) is 12. The first-order chi connectivity index (χ1) is 69.4. The van der Waals surface area contributed by atoms with E-state index in [1.165, 1.54) is 243 Å². The van der Waals surface area contributed by atoms with Crippen LogP contribution in [0.25, 0.3) is 243 Å². The Morgan fingerprint density at radius 2 is 0.407 bits per heavy atom. The van der Waals surface area contributed by atoms with Crippen molar-refractivity contribution in [3.63, 3.8) is 0 Å². The van der Waals surface area contributed by atoms with Gasteiger partial charge in [0.2, 0.25) is 0 Å². The number of para-hydroxylation sites is 8. The number of benzene rings is 16. The Hall–Kier alpha value is -18.0. The molecule has 0 radical (unpaired) electrons. The van der Waals surface area contributed by atoms with E-state index in [0.29, 0.717) is 0 Å². The second-order valence-corrected chi connectivity index (χ2v) is 39.3. The van der Waals surface area contributed by atoms with Crippen LogP contribution in [0.3, 0.4) is 0 Å². The normalized spacial score (nSPS) is 13.5. The van der Waals surface area contributed by atoms with Gasteiger partial charge in [-0.15, -0.1) is 0 Å². The predicted molar refractivity (Wildman–Crippen MR) is 568 cm³/mol. The molecule has 12 heteroatoms. The van der Waals surface area contributed by atoms with Crippen LogP contribution in [0.5, 0.6) is 0 Å². The molecule has 0 N–H and O–H groups in total. The molecule has 16 aromatic carbocycles. The van der Waals surface area contributed by atoms with Gasteiger partial charge in [-0.25, -0.2) is 39.9 Å². The van der Waals surface area contributed by atoms with E-state index in [0.717, 1.165) is 141 Å². The summed E-state index contributed by atoms with van der Waals surface area (Å²) in [6.07, 6.45) is 15.5. The molecule has 36 rings (SSSR count). The Morgan fingerprint density at radius 3 is 0.843 bits per heavy atom. The van der Waals surface area contributed by atoms with Gasteiger partial charge >= 0.3 is 0 Å². The molecule has 0 aliphatic heterocycles. The van der Waals surface area contributed by atoms with E-state index in [9.17, 15) is 0 Å². The SMILES string of the molecule is c1ccc2c(c1)Cc1c-2ccc2c1-c1cc3c(cc1C2)c1cccnc1n1c2ccccc2nc31.c1ccc2c(c1)Cc1c-2ccc2c1Cc1cc3c4cccnc4n4c5ccccc5nc4c3cc1-2.c1ccc2c(c1)Cc1cc3c(cc1-2)Cc1cc2c4cccnc4n4c5ccccc5nc4c2cc1-3.c1ccc2c(c1)Cc1ccc3c(c1-2)Cc1cc2c4cccnc4n4c5ccccc5nc4c2cc1-3. The fourth-order valence-electron chi connectivity index (χ4n) is 26.2. The van der Waals surface area contributed by atoms with Gasteiger partial charge in [0.25, 0.3) is 0 Å². The maximum absolute atomic E-state index is 5.10. The number of fused-ring (bicyclic) bond motifs is 59. The van der Waals surface area contributed by atoms with Crippen LogP contribution < -0.4 is 0 Å². The van der Waals surface area contributed by atoms with E-state index in [1.807, 2.05) is 49.1 Å². The quantitative estimate of drug-likeness (QED) is 0.138. The Morgan fingerprint density at radius 1 is 0.150 bits per heavy atom. The van der Waals surface area contributed by atoms with Crippen LogP contribution >= 0.6 is 0 Å². The minimum absolute atomic E-state index is 0.967. The zero-order valence-electron chi connectivity index (χ0n) is 75.7. The molecule has 140 heavy (non-hydrogen) atoms. The van der Waals surface area contributed by atoms with Gasteiger partial charge < -0.3 is 0 Å². The molecule has 0 amide bonds. The summed E-state index contributed by atoms with van der Waals surface area (Å²) in [5, 5.41) is 14.4. The van der Waals surface area contributed by atoms with E-state index < -0.39 is 0 Å². The fourth-order valence-corrected chi connectivity index (χ4v) is 26.2. The van der Waals surface area contributed by atoms with Gasteiger partial charge in [0.05, 0.1) is 44.1 Å². The summed E-state index contributed by atoms with van der Waals surface area (Å²) in [5.74, 6) is 0. The molecule has 12 heterocycles. The Labute approximate surface area is 799 Å². The zero-order valence-corrected chi connectivity index (χ0v) is 75.7. The van der Waals surface area contributed by atoms with Crippen LogP contribution in [-0.4, -0.2) is 57.5 Å². The molecule has 0 fully saturated rings. The van der Waals surface area contributed by atoms with Gasteiger partial charge in [-0.1, -0.05) is 182 Å². The number of hydrogen-bond acceptors (Lipinski definition) is 8. The van der Waals surface area contributed by atoms with Crippen LogP contribution in [0.1, 0.15) is 89.0 Å². The lowest BCUT2D eigenvalue weighted by molar-refractivity contribution is 1.16. The van der Waals surface area contributed by atoms with Crippen molar-refractivity contribution in [2.45, 2.75) is 51.4 Å². The number of rotatable bonds is 0. The first-order valence-corrected chi connectivity index (χ1v) is 48.8. The molecule has 0 saturated heterocycles. The summed E-state index contributed by atoms with van der Waals surface area (Å²) >= 11 is 0. The van der Waals surface area contributed by atoms with Crippen molar-refractivity contribution in [2.75, 3.05) is 0 Å². The molecule has 0 saturated carbocycles. The number of imidazole rings is 4. The van der Waals surface area contributed by atoms with Gasteiger partial charge in [0.15, 0.2) is 0 Å². The summed E-state index contributed by atoms with van der Waals surface area (Å²) in [6, 6.07) is 124. The Balaban J connectivity index is 0.0000000829. The van der Waals surface area contributed by atoms with E-state index in [-0.39, 0.29) is 0 Å². The highest BCUT2D eigenvalue weighted by molar-refractivity contribution is 6.20. The second-order valence-electron chi connectivity index (χ2n) is 39.3. The Kier molecular flexibility index (Phi) is 15.0. The minimum atomic E-state index is 0.967. The molecule has 8 aliphatic rings. The maximum atomic E-state index is 5.10. The van der Waals surface area contributed by atoms with Crippen LogP contribution in [0, 0.1) is 0 Å². The van der Waals surface area contributed by atoms with Crippen molar-refractivity contribution in [2.24, 2.45) is 0 Å². The lowest BCUT2D eigenvalue weighted by Crippen LogP contribution is -1.95. The third-order valence-electron chi connectivity index (χ3n) is 32.2. The zero-order chi connectivity index (χ0) is 90.7. The largest absolute Gasteiger partial charge is 0.276 e. The lowest BCUT2D eigenvalue weighted by atomic mass is 9.94. The van der Waals surface area contributed by atoms with Crippen LogP contribution in [-0.2, 0) is 51.4 Å². The fraction of sp³-hybridized carbons (Fsp3) is 0.0625. The van der Waals surface area contributed by atoms with Gasteiger partial charge in [-0.3, -0.25) is 17.6 Å². The molecular formula is C128H76N12. The van der Waals surface area contributed by atoms with Crippen molar-refractivity contribution >= 4 is 154 Å². The number of hydrogen-bond donors (Lipinski definition) is 0. The summed E-state index contributed by atoms with van der Waals surface area (Å²) in [6.45, 7) is 0. The first kappa shape index (κ1) is 75.3. The monoisotopic (exact) mass is 1780 g/mol. The van der Waals surface area contributed by atoms with Crippen LogP contribution in [0.2, 0.25) is 0 Å². The molecule has 28 aromatic rings. The molecule has 0 atom stereocenters. The third kappa shape index (κ3) is 10.4. The van der Waals surface area contributed by atoms with Crippen LogP contribution in [0.15, 0.2) is 365 Å². The highest BCUT2D eigenvalue weighted by atomic mass is 15.1. The molecule has 12 aromatic heterocycles. The van der Waals surface area contributed by atoms with E-state index in [1.54, 1.807) is 0 Å². The predicted octanol–water partition coefficient (Wildman–Crippen LogP) is 29.3. The van der Waals surface area contributed by atoms with Crippen molar-refractivity contribution in [3.8, 4) is 89.0 Å². The molecule has 12 nitrogen and oxygen atoms in total. The molecule has 8 aliphatic carbocycles. The summed E-state index contributed by atoms with van der Waals surface area (Å²) in [5.41, 5.74) is 61.6. The van der Waals surface area contributed by atoms with Crippen LogP contribution in [0.4, 0.5) is 0 Å². The van der Waals surface area contributed by atoms with E-state index >= 15 is 0 Å². The van der Waals surface area contributed by atoms with Crippen molar-refractivity contribution in [3.05, 3.63) is 454 Å². The summed E-state index contributed by atoms with van der Waals surface area (Å²) < 4.78 is 8.93. The van der Waals surface area contributed by atoms with Crippen molar-refractivity contribution < 1.29 is 0 Å². The molecule has 0 bridgehead atoms. The highest BCUT2D eigenvalue weighted by Crippen LogP contribution is 2.55. The second kappa shape index (κ2) is 27.9. The average Bonchev–Trinajstić information content (AvgIpc) is 1.55. The lowest BCUT2D eigenvalue weighted by Gasteiger charge is -2.12. The summed E-state index contributed by atoms with van der Waals surface area (Å²) in [7, 11) is 0. The minimum Gasteiger partial charge on any atom is -0.276 e. The number of pyridine rings is 8. The van der Waals surface area contributed by atoms with E-state index in [2.05, 4.69) is 333 Å². The molecule has 648 valence electrons. The summed E-state index contributed by atoms with van der Waals surface area (Å²) in [4.78, 5) is 39.6. The average molecular weight is 1780 g/mol. The van der Waals surface area contributed by atoms with Crippen molar-refractivity contribution in [1.82, 2.24) is 57.5 Å². The standard InChI is InChI=1S/4C32H19N3/c1-2-7-21-18(6-1)15-26-22(21)12-11-19-14-20-16-25-23-8-5-13-33-31(23)35-29-10-4-3-9-28(29)34-32(35)27(25)17-24(20)30(19)26;1-2-7-20-18(6-1)14-25-21(20)11-12-22-24-17-28-27(16-19(24)15-26(22)25)23-8-5-13-33-31(23)35-30-10-4-3-9-29(30)34-32(28)35;1-2-7-21-18(6-1)14-19-11-12-22-24-17-27-25(15-20(24)16-26(22)30(19)21)23-8-5-13-33-31(23)35-29-10-4-3-9-28(29)34-32(27)35;1-2-7-22-18(6-1)12-19-15-25-20(14-24(19)22)13-21-16-27-23-8-5-11-33-31(23)35-30-10-4-3-9-29(30)34-32(35)28(27)17-26(21)25/h2*1-13,16-17H,14-15H2;1-13,15,17H,14,16H2;1-11,14-17H,12-13H2. The molecule has 0 unspecified atom stereocenters. The third-order valence-corrected chi connectivity index (χ3v) is 32.2. The van der Waals surface area contributed by atoms with Gasteiger partial charge in [0.1, 0.15) is 45.2 Å². The van der Waals surface area contributed by atoms with E-state index in [4.69, 9.17) is 39.9 Å². The van der Waals surface area contributed by atoms with Crippen molar-refractivity contribution in [1.29, 1.82) is 0 Å². The molecule has 0 spiro atoms. The Bertz CT molecular complexity index is 10600. The van der Waals surface area contributed by atoms with Gasteiger partial charge in [0, 0.05) is 67.9 Å². The van der Waals surface area contributed by atoms with Gasteiger partial charge in [-0.05, 0) is 409 Å². The smallest absolute Gasteiger partial charge is 0.147 e. The maximum Gasteiger partial charge on any atom is 0.147 e. The topological polar surface area (TPSA) is 121 Å².